The van der Waals surface area contributed by atoms with E-state index in [0.717, 1.165) is 16.9 Å². The minimum absolute atomic E-state index is 0.164. The molecular formula is C18H17ClN4O3. The number of carbonyl (C=O) groups is 1. The number of aliphatic hydroxyl groups excluding tert-OH is 1. The number of nitrogens with zero attached hydrogens (tertiary/aromatic N) is 3. The molecule has 0 atom stereocenters. The van der Waals surface area contributed by atoms with E-state index in [2.05, 4.69) is 15.1 Å². The Balaban J connectivity index is 1.61. The third-order valence-corrected chi connectivity index (χ3v) is 4.77. The highest BCUT2D eigenvalue weighted by Gasteiger charge is 2.29. The van der Waals surface area contributed by atoms with Crippen LogP contribution < -0.4 is 0 Å². The van der Waals surface area contributed by atoms with Crippen LogP contribution in [0, 0.1) is 6.92 Å². The van der Waals surface area contributed by atoms with Gasteiger partial charge in [0.2, 0.25) is 0 Å². The summed E-state index contributed by atoms with van der Waals surface area (Å²) in [4.78, 5) is 22.3. The first-order chi connectivity index (χ1) is 12.6. The number of carbonyl (C=O) groups excluding carboxylic acids is 1. The first-order valence-corrected chi connectivity index (χ1v) is 8.63. The van der Waals surface area contributed by atoms with E-state index < -0.39 is 0 Å². The van der Waals surface area contributed by atoms with E-state index in [1.54, 1.807) is 17.0 Å². The molecule has 1 amide bonds. The first kappa shape index (κ1) is 16.8. The van der Waals surface area contributed by atoms with Gasteiger partial charge in [0.1, 0.15) is 23.0 Å². The maximum absolute atomic E-state index is 13.0. The number of aryl methyl sites for hydroxylation is 1. The summed E-state index contributed by atoms with van der Waals surface area (Å²) in [6, 6.07) is 7.31. The number of fused-ring (bicyclic) bond motifs is 1. The van der Waals surface area contributed by atoms with Gasteiger partial charge in [-0.05, 0) is 19.1 Å². The summed E-state index contributed by atoms with van der Waals surface area (Å²) in [5, 5.41) is 13.8. The van der Waals surface area contributed by atoms with E-state index in [1.165, 1.54) is 0 Å². The van der Waals surface area contributed by atoms with Crippen molar-refractivity contribution in [3.8, 4) is 11.4 Å². The molecule has 3 heterocycles. The highest BCUT2D eigenvalue weighted by molar-refractivity contribution is 6.30. The third-order valence-electron chi connectivity index (χ3n) is 4.53. The minimum Gasteiger partial charge on any atom is -0.390 e. The van der Waals surface area contributed by atoms with Crippen molar-refractivity contribution in [2.24, 2.45) is 0 Å². The van der Waals surface area contributed by atoms with Gasteiger partial charge in [-0.3, -0.25) is 4.79 Å². The summed E-state index contributed by atoms with van der Waals surface area (Å²) in [6.07, 6.45) is 0.568. The Morgan fingerprint density at radius 2 is 2.31 bits per heavy atom. The van der Waals surface area contributed by atoms with Crippen molar-refractivity contribution in [2.45, 2.75) is 26.5 Å². The lowest BCUT2D eigenvalue weighted by atomic mass is 10.1. The SMILES string of the molecule is Cc1[nH]c(-c2cccc(Cl)c2)nc1C(=O)N1CCc2onc(CO)c2C1. The molecule has 0 radical (unpaired) electrons. The van der Waals surface area contributed by atoms with E-state index >= 15 is 0 Å². The highest BCUT2D eigenvalue weighted by Crippen LogP contribution is 2.26. The number of hydrogen-bond acceptors (Lipinski definition) is 5. The first-order valence-electron chi connectivity index (χ1n) is 8.25. The molecule has 4 rings (SSSR count). The maximum atomic E-state index is 13.0. The lowest BCUT2D eigenvalue weighted by molar-refractivity contribution is 0.0722. The van der Waals surface area contributed by atoms with Crippen molar-refractivity contribution in [1.29, 1.82) is 0 Å². The molecule has 7 nitrogen and oxygen atoms in total. The average Bonchev–Trinajstić information content (AvgIpc) is 3.23. The van der Waals surface area contributed by atoms with Crippen LogP contribution in [0.5, 0.6) is 0 Å². The van der Waals surface area contributed by atoms with Crippen LogP contribution in [0.4, 0.5) is 0 Å². The molecule has 0 spiro atoms. The molecule has 0 unspecified atom stereocenters. The Bertz CT molecular complexity index is 965. The Kier molecular flexibility index (Phi) is 4.26. The number of halogens is 1. The van der Waals surface area contributed by atoms with E-state index in [-0.39, 0.29) is 12.5 Å². The summed E-state index contributed by atoms with van der Waals surface area (Å²) in [6.45, 7) is 2.49. The van der Waals surface area contributed by atoms with Gasteiger partial charge in [-0.15, -0.1) is 0 Å². The zero-order valence-electron chi connectivity index (χ0n) is 14.1. The van der Waals surface area contributed by atoms with Crippen molar-refractivity contribution >= 4 is 17.5 Å². The lowest BCUT2D eigenvalue weighted by Crippen LogP contribution is -2.36. The largest absolute Gasteiger partial charge is 0.390 e. The molecule has 0 aliphatic carbocycles. The summed E-state index contributed by atoms with van der Waals surface area (Å²) in [5.41, 5.74) is 3.17. The van der Waals surface area contributed by atoms with Gasteiger partial charge in [0, 0.05) is 34.8 Å². The van der Waals surface area contributed by atoms with Crippen molar-refractivity contribution in [2.75, 3.05) is 6.54 Å². The fraction of sp³-hybridized carbons (Fsp3) is 0.278. The van der Waals surface area contributed by atoms with Crippen molar-refractivity contribution in [3.05, 3.63) is 57.7 Å². The number of imidazole rings is 1. The number of rotatable bonds is 3. The van der Waals surface area contributed by atoms with Crippen LogP contribution >= 0.6 is 11.6 Å². The van der Waals surface area contributed by atoms with Crippen LogP contribution in [-0.4, -0.2) is 37.6 Å². The molecule has 1 aromatic carbocycles. The molecule has 0 bridgehead atoms. The topological polar surface area (TPSA) is 95.3 Å². The monoisotopic (exact) mass is 372 g/mol. The fourth-order valence-corrected chi connectivity index (χ4v) is 3.34. The highest BCUT2D eigenvalue weighted by atomic mass is 35.5. The predicted octanol–water partition coefficient (Wildman–Crippen LogP) is 2.72. The number of hydrogen-bond donors (Lipinski definition) is 2. The molecule has 2 N–H and O–H groups in total. The second kappa shape index (κ2) is 6.59. The van der Waals surface area contributed by atoms with Gasteiger partial charge in [-0.2, -0.15) is 0 Å². The molecule has 134 valence electrons. The van der Waals surface area contributed by atoms with Gasteiger partial charge in [-0.1, -0.05) is 28.9 Å². The van der Waals surface area contributed by atoms with E-state index in [9.17, 15) is 9.90 Å². The smallest absolute Gasteiger partial charge is 0.274 e. The molecule has 0 saturated carbocycles. The summed E-state index contributed by atoms with van der Waals surface area (Å²) < 4.78 is 5.23. The van der Waals surface area contributed by atoms with Gasteiger partial charge in [0.15, 0.2) is 0 Å². The normalized spacial score (nSPS) is 13.7. The Labute approximate surface area is 154 Å². The molecule has 1 aliphatic rings. The number of aliphatic hydroxyl groups is 1. The fourth-order valence-electron chi connectivity index (χ4n) is 3.15. The molecule has 0 saturated heterocycles. The van der Waals surface area contributed by atoms with Crippen LogP contribution in [-0.2, 0) is 19.6 Å². The van der Waals surface area contributed by atoms with Crippen molar-refractivity contribution in [3.63, 3.8) is 0 Å². The number of nitrogens with one attached hydrogen (secondary N) is 1. The average molecular weight is 373 g/mol. The van der Waals surface area contributed by atoms with Gasteiger partial charge < -0.3 is 19.5 Å². The van der Waals surface area contributed by atoms with E-state index in [4.69, 9.17) is 16.1 Å². The maximum Gasteiger partial charge on any atom is 0.274 e. The van der Waals surface area contributed by atoms with Gasteiger partial charge in [0.05, 0.1) is 13.2 Å². The lowest BCUT2D eigenvalue weighted by Gasteiger charge is -2.25. The predicted molar refractivity (Wildman–Crippen MR) is 94.6 cm³/mol. The zero-order chi connectivity index (χ0) is 18.3. The standard InChI is InChI=1S/C18H17ClN4O3/c1-10-16(21-17(20-10)11-3-2-4-12(19)7-11)18(25)23-6-5-15-13(8-23)14(9-24)22-26-15/h2-4,7,24H,5-6,8-9H2,1H3,(H,20,21). The second-order valence-electron chi connectivity index (χ2n) is 6.24. The second-order valence-corrected chi connectivity index (χ2v) is 6.67. The molecule has 8 heteroatoms. The number of amides is 1. The molecular weight excluding hydrogens is 356 g/mol. The molecule has 3 aromatic rings. The number of aromatic nitrogens is 3. The Morgan fingerprint density at radius 1 is 1.46 bits per heavy atom. The van der Waals surface area contributed by atoms with Gasteiger partial charge in [-0.25, -0.2) is 4.98 Å². The van der Waals surface area contributed by atoms with Gasteiger partial charge in [0.25, 0.3) is 5.91 Å². The number of H-pyrrole nitrogens is 1. The molecule has 1 aliphatic heterocycles. The Morgan fingerprint density at radius 3 is 3.08 bits per heavy atom. The van der Waals surface area contributed by atoms with Crippen LogP contribution in [0.15, 0.2) is 28.8 Å². The summed E-state index contributed by atoms with van der Waals surface area (Å²) >= 11 is 6.04. The van der Waals surface area contributed by atoms with Crippen LogP contribution in [0.2, 0.25) is 5.02 Å². The number of aromatic amines is 1. The summed E-state index contributed by atoms with van der Waals surface area (Å²) in [7, 11) is 0. The molecule has 26 heavy (non-hydrogen) atoms. The van der Waals surface area contributed by atoms with Gasteiger partial charge >= 0.3 is 0 Å². The quantitative estimate of drug-likeness (QED) is 0.737. The molecule has 0 fully saturated rings. The van der Waals surface area contributed by atoms with Crippen LogP contribution in [0.1, 0.15) is 33.2 Å². The van der Waals surface area contributed by atoms with Crippen molar-refractivity contribution in [1.82, 2.24) is 20.0 Å². The Hall–Kier alpha value is -2.64. The van der Waals surface area contributed by atoms with E-state index in [0.29, 0.717) is 47.4 Å². The van der Waals surface area contributed by atoms with Crippen LogP contribution in [0.3, 0.4) is 0 Å². The zero-order valence-corrected chi connectivity index (χ0v) is 14.9. The third kappa shape index (κ3) is 2.89. The van der Waals surface area contributed by atoms with Crippen LogP contribution in [0.25, 0.3) is 11.4 Å². The number of benzene rings is 1. The van der Waals surface area contributed by atoms with E-state index in [1.807, 2.05) is 19.1 Å². The summed E-state index contributed by atoms with van der Waals surface area (Å²) in [5.74, 6) is 1.17. The minimum atomic E-state index is -0.207. The molecule has 2 aromatic heterocycles. The van der Waals surface area contributed by atoms with Crippen molar-refractivity contribution < 1.29 is 14.4 Å².